The molecule has 1 aliphatic rings. The molecule has 0 saturated heterocycles. The fraction of sp³-hybridized carbons (Fsp3) is 0.600. The van der Waals surface area contributed by atoms with Crippen molar-refractivity contribution >= 4 is 8.32 Å². The summed E-state index contributed by atoms with van der Waals surface area (Å²) in [6, 6.07) is 6.57. The molecule has 0 amide bonds. The minimum atomic E-state index is -1.64. The first-order valence-corrected chi connectivity index (χ1v) is 9.53. The lowest BCUT2D eigenvalue weighted by Crippen LogP contribution is -2.40. The van der Waals surface area contributed by atoms with E-state index in [9.17, 15) is 0 Å². The number of hydrogen-bond donors (Lipinski definition) is 0. The molecule has 0 N–H and O–H groups in total. The molecule has 2 nitrogen and oxygen atoms in total. The summed E-state index contributed by atoms with van der Waals surface area (Å²) in [5.41, 5.74) is 3.92. The molecule has 0 atom stereocenters. The zero-order chi connectivity index (χ0) is 13.4. The third kappa shape index (κ3) is 2.84. The monoisotopic (exact) mass is 264 g/mol. The number of rotatable bonds is 3. The topological polar surface area (TPSA) is 18.5 Å². The Balaban J connectivity index is 2.03. The third-order valence-electron chi connectivity index (χ3n) is 4.19. The molecule has 0 saturated carbocycles. The molecule has 0 aliphatic carbocycles. The molecule has 0 unspecified atom stereocenters. The largest absolute Gasteiger partial charge is 0.413 e. The summed E-state index contributed by atoms with van der Waals surface area (Å²) < 4.78 is 11.7. The first-order valence-electron chi connectivity index (χ1n) is 6.62. The van der Waals surface area contributed by atoms with E-state index < -0.39 is 8.32 Å². The van der Waals surface area contributed by atoms with E-state index in [0.717, 1.165) is 19.8 Å². The Bertz CT molecular complexity index is 433. The fourth-order valence-corrected chi connectivity index (χ4v) is 2.76. The number of ether oxygens (including phenoxy) is 1. The Hall–Kier alpha value is -0.643. The molecular formula is C15H24O2Si. The molecule has 0 spiro atoms. The zero-order valence-electron chi connectivity index (χ0n) is 12.2. The molecule has 0 fully saturated rings. The van der Waals surface area contributed by atoms with Gasteiger partial charge in [-0.3, -0.25) is 0 Å². The SMILES string of the molecule is CC(C)(C)[Si](C)(C)OCc1ccc2c(c1)COC2. The van der Waals surface area contributed by atoms with Crippen molar-refractivity contribution in [1.29, 1.82) is 0 Å². The van der Waals surface area contributed by atoms with E-state index in [2.05, 4.69) is 52.1 Å². The van der Waals surface area contributed by atoms with Crippen molar-refractivity contribution in [2.45, 2.75) is 58.7 Å². The summed E-state index contributed by atoms with van der Waals surface area (Å²) in [7, 11) is -1.64. The quantitative estimate of drug-likeness (QED) is 0.760. The highest BCUT2D eigenvalue weighted by molar-refractivity contribution is 6.74. The predicted molar refractivity (Wildman–Crippen MR) is 76.9 cm³/mol. The van der Waals surface area contributed by atoms with Gasteiger partial charge in [0.2, 0.25) is 0 Å². The zero-order valence-corrected chi connectivity index (χ0v) is 13.2. The molecule has 1 aliphatic heterocycles. The highest BCUT2D eigenvalue weighted by Crippen LogP contribution is 2.37. The van der Waals surface area contributed by atoms with Gasteiger partial charge in [-0.1, -0.05) is 39.0 Å². The Morgan fingerprint density at radius 2 is 1.83 bits per heavy atom. The van der Waals surface area contributed by atoms with E-state index >= 15 is 0 Å². The third-order valence-corrected chi connectivity index (χ3v) is 8.67. The summed E-state index contributed by atoms with van der Waals surface area (Å²) in [4.78, 5) is 0. The Morgan fingerprint density at radius 3 is 2.50 bits per heavy atom. The van der Waals surface area contributed by atoms with Gasteiger partial charge in [-0.25, -0.2) is 0 Å². The minimum Gasteiger partial charge on any atom is -0.413 e. The lowest BCUT2D eigenvalue weighted by molar-refractivity contribution is 0.134. The molecule has 1 aromatic rings. The van der Waals surface area contributed by atoms with Gasteiger partial charge in [0.15, 0.2) is 8.32 Å². The van der Waals surface area contributed by atoms with Gasteiger partial charge >= 0.3 is 0 Å². The second-order valence-corrected chi connectivity index (χ2v) is 11.5. The highest BCUT2D eigenvalue weighted by Gasteiger charge is 2.37. The van der Waals surface area contributed by atoms with Crippen molar-refractivity contribution in [3.8, 4) is 0 Å². The lowest BCUT2D eigenvalue weighted by atomic mass is 10.1. The first kappa shape index (κ1) is 13.8. The molecule has 3 heteroatoms. The van der Waals surface area contributed by atoms with E-state index in [4.69, 9.17) is 9.16 Å². The van der Waals surface area contributed by atoms with E-state index in [1.807, 2.05) is 0 Å². The average Bonchev–Trinajstić information content (AvgIpc) is 2.71. The van der Waals surface area contributed by atoms with E-state index in [0.29, 0.717) is 0 Å². The van der Waals surface area contributed by atoms with E-state index in [-0.39, 0.29) is 5.04 Å². The van der Waals surface area contributed by atoms with Crippen LogP contribution in [0.2, 0.25) is 18.1 Å². The molecular weight excluding hydrogens is 240 g/mol. The number of hydrogen-bond acceptors (Lipinski definition) is 2. The van der Waals surface area contributed by atoms with Crippen molar-refractivity contribution in [2.24, 2.45) is 0 Å². The second-order valence-electron chi connectivity index (χ2n) is 6.64. The standard InChI is InChI=1S/C15H24O2Si/c1-15(2,3)18(4,5)17-9-12-6-7-13-10-16-11-14(13)8-12/h6-8H,9-11H2,1-5H3. The van der Waals surface area contributed by atoms with Gasteiger partial charge in [-0.15, -0.1) is 0 Å². The fourth-order valence-electron chi connectivity index (χ4n) is 1.80. The van der Waals surface area contributed by atoms with Crippen LogP contribution in [0.4, 0.5) is 0 Å². The number of benzene rings is 1. The molecule has 0 aromatic heterocycles. The van der Waals surface area contributed by atoms with Crippen LogP contribution >= 0.6 is 0 Å². The molecule has 1 aromatic carbocycles. The Labute approximate surface area is 111 Å². The molecule has 0 bridgehead atoms. The van der Waals surface area contributed by atoms with Gasteiger partial charge in [0.05, 0.1) is 19.8 Å². The van der Waals surface area contributed by atoms with Crippen molar-refractivity contribution < 1.29 is 9.16 Å². The molecule has 0 radical (unpaired) electrons. The smallest absolute Gasteiger partial charge is 0.192 e. The predicted octanol–water partition coefficient (Wildman–Crippen LogP) is 4.24. The molecule has 1 heterocycles. The van der Waals surface area contributed by atoms with E-state index in [1.165, 1.54) is 16.7 Å². The van der Waals surface area contributed by atoms with Crippen LogP contribution in [-0.4, -0.2) is 8.32 Å². The van der Waals surface area contributed by atoms with Crippen LogP contribution in [0.1, 0.15) is 37.5 Å². The second kappa shape index (κ2) is 4.80. The van der Waals surface area contributed by atoms with Gasteiger partial charge < -0.3 is 9.16 Å². The van der Waals surface area contributed by atoms with Gasteiger partial charge in [0, 0.05) is 0 Å². The van der Waals surface area contributed by atoms with Crippen LogP contribution in [0.3, 0.4) is 0 Å². The maximum Gasteiger partial charge on any atom is 0.192 e. The summed E-state index contributed by atoms with van der Waals surface area (Å²) in [6.45, 7) is 13.7. The van der Waals surface area contributed by atoms with Crippen LogP contribution in [0.25, 0.3) is 0 Å². The maximum atomic E-state index is 6.24. The van der Waals surface area contributed by atoms with Crippen LogP contribution < -0.4 is 0 Å². The summed E-state index contributed by atoms with van der Waals surface area (Å²) in [5, 5.41) is 0.271. The van der Waals surface area contributed by atoms with Crippen LogP contribution in [0.5, 0.6) is 0 Å². The van der Waals surface area contributed by atoms with Crippen molar-refractivity contribution in [2.75, 3.05) is 0 Å². The van der Waals surface area contributed by atoms with Gasteiger partial charge in [-0.2, -0.15) is 0 Å². The Kier molecular flexibility index (Phi) is 3.67. The van der Waals surface area contributed by atoms with Crippen molar-refractivity contribution in [3.63, 3.8) is 0 Å². The maximum absolute atomic E-state index is 6.24. The lowest BCUT2D eigenvalue weighted by Gasteiger charge is -2.36. The van der Waals surface area contributed by atoms with Gasteiger partial charge in [0.1, 0.15) is 0 Å². The summed E-state index contributed by atoms with van der Waals surface area (Å²) in [6.07, 6.45) is 0. The normalized spacial score (nSPS) is 15.8. The molecule has 100 valence electrons. The summed E-state index contributed by atoms with van der Waals surface area (Å²) >= 11 is 0. The van der Waals surface area contributed by atoms with Crippen LogP contribution in [0, 0.1) is 0 Å². The van der Waals surface area contributed by atoms with Crippen molar-refractivity contribution in [3.05, 3.63) is 34.9 Å². The number of fused-ring (bicyclic) bond motifs is 1. The first-order chi connectivity index (χ1) is 8.29. The summed E-state index contributed by atoms with van der Waals surface area (Å²) in [5.74, 6) is 0. The highest BCUT2D eigenvalue weighted by atomic mass is 28.4. The average molecular weight is 264 g/mol. The minimum absolute atomic E-state index is 0.271. The van der Waals surface area contributed by atoms with Crippen molar-refractivity contribution in [1.82, 2.24) is 0 Å². The molecule has 2 rings (SSSR count). The van der Waals surface area contributed by atoms with Gasteiger partial charge in [-0.05, 0) is 34.8 Å². The van der Waals surface area contributed by atoms with Gasteiger partial charge in [0.25, 0.3) is 0 Å². The van der Waals surface area contributed by atoms with Crippen LogP contribution in [0.15, 0.2) is 18.2 Å². The van der Waals surface area contributed by atoms with E-state index in [1.54, 1.807) is 0 Å². The Morgan fingerprint density at radius 1 is 1.17 bits per heavy atom. The van der Waals surface area contributed by atoms with Crippen LogP contribution in [-0.2, 0) is 29.0 Å². The molecule has 18 heavy (non-hydrogen) atoms.